The molecule has 10 nitrogen and oxygen atoms in total. The van der Waals surface area contributed by atoms with Crippen molar-refractivity contribution in [3.05, 3.63) is 52.1 Å². The number of hydrogen-bond donors (Lipinski definition) is 2. The summed E-state index contributed by atoms with van der Waals surface area (Å²) in [5, 5.41) is 16.6. The average Bonchev–Trinajstić information content (AvgIpc) is 3.14. The van der Waals surface area contributed by atoms with Crippen LogP contribution in [0, 0.1) is 10.1 Å². The number of hydrogen-bond acceptors (Lipinski definition) is 7. The second-order valence-corrected chi connectivity index (χ2v) is 6.30. The normalized spacial score (nSPS) is 16.7. The largest absolute Gasteiger partial charge is 0.479 e. The van der Waals surface area contributed by atoms with Gasteiger partial charge in [0.2, 0.25) is 12.7 Å². The van der Waals surface area contributed by atoms with Crippen molar-refractivity contribution in [2.24, 2.45) is 0 Å². The van der Waals surface area contributed by atoms with Crippen molar-refractivity contribution >= 4 is 35.0 Å². The van der Waals surface area contributed by atoms with E-state index in [2.05, 4.69) is 10.6 Å². The van der Waals surface area contributed by atoms with E-state index in [0.717, 1.165) is 0 Å². The predicted octanol–water partition coefficient (Wildman–Crippen LogP) is 2.69. The van der Waals surface area contributed by atoms with Gasteiger partial charge in [0.05, 0.1) is 22.2 Å². The number of nitrogens with one attached hydrogen (secondary N) is 2. The number of anilines is 2. The molecule has 2 N–H and O–H groups in total. The van der Waals surface area contributed by atoms with E-state index in [1.807, 2.05) is 0 Å². The van der Waals surface area contributed by atoms with Crippen LogP contribution < -0.4 is 24.8 Å². The van der Waals surface area contributed by atoms with Crippen LogP contribution in [0.3, 0.4) is 0 Å². The van der Waals surface area contributed by atoms with Gasteiger partial charge in [-0.05, 0) is 37.3 Å². The van der Waals surface area contributed by atoms with E-state index in [9.17, 15) is 19.7 Å². The molecule has 2 aromatic carbocycles. The Morgan fingerprint density at radius 1 is 1.24 bits per heavy atom. The van der Waals surface area contributed by atoms with Crippen molar-refractivity contribution in [3.8, 4) is 17.2 Å². The van der Waals surface area contributed by atoms with Crippen LogP contribution in [0.4, 0.5) is 17.1 Å². The Morgan fingerprint density at radius 2 is 2.00 bits per heavy atom. The standard InChI is InChI=1S/C19H15N3O7/c1-10-19(24)21-13-7-12(3-4-15(13)29-10)20-18(23)5-2-11-6-16-17(28-9-27-16)8-14(11)22(25)26/h2-8,10H,9H2,1H3,(H,20,23)(H,21,24)/b5-2+/t10-/m1/s1. The highest BCUT2D eigenvalue weighted by Gasteiger charge is 2.24. The average molecular weight is 397 g/mol. The minimum absolute atomic E-state index is 0.0164. The van der Waals surface area contributed by atoms with Crippen LogP contribution in [-0.2, 0) is 9.59 Å². The third kappa shape index (κ3) is 3.68. The van der Waals surface area contributed by atoms with Gasteiger partial charge >= 0.3 is 0 Å². The zero-order valence-corrected chi connectivity index (χ0v) is 15.1. The van der Waals surface area contributed by atoms with Gasteiger partial charge < -0.3 is 24.8 Å². The Labute approximate surface area is 164 Å². The fourth-order valence-corrected chi connectivity index (χ4v) is 2.87. The summed E-state index contributed by atoms with van der Waals surface area (Å²) in [6.07, 6.45) is 1.89. The highest BCUT2D eigenvalue weighted by molar-refractivity contribution is 6.03. The third-order valence-corrected chi connectivity index (χ3v) is 4.31. The molecule has 1 atom stereocenters. The molecule has 0 saturated carbocycles. The molecule has 0 radical (unpaired) electrons. The number of rotatable bonds is 4. The summed E-state index contributed by atoms with van der Waals surface area (Å²) in [6, 6.07) is 7.52. The lowest BCUT2D eigenvalue weighted by Gasteiger charge is -2.23. The van der Waals surface area contributed by atoms with Crippen molar-refractivity contribution in [1.29, 1.82) is 0 Å². The lowest BCUT2D eigenvalue weighted by Crippen LogP contribution is -2.34. The van der Waals surface area contributed by atoms with Gasteiger partial charge in [0.1, 0.15) is 5.75 Å². The van der Waals surface area contributed by atoms with Gasteiger partial charge in [-0.1, -0.05) is 0 Å². The number of nitrogens with zero attached hydrogens (tertiary/aromatic N) is 1. The van der Waals surface area contributed by atoms with Gasteiger partial charge in [0, 0.05) is 11.8 Å². The molecular weight excluding hydrogens is 382 g/mol. The Balaban J connectivity index is 1.51. The van der Waals surface area contributed by atoms with Crippen molar-refractivity contribution in [2.45, 2.75) is 13.0 Å². The summed E-state index contributed by atoms with van der Waals surface area (Å²) in [6.45, 7) is 1.62. The number of nitro benzene ring substituents is 1. The van der Waals surface area contributed by atoms with E-state index in [1.165, 1.54) is 24.3 Å². The molecule has 29 heavy (non-hydrogen) atoms. The molecule has 2 heterocycles. The van der Waals surface area contributed by atoms with E-state index in [0.29, 0.717) is 22.9 Å². The zero-order valence-electron chi connectivity index (χ0n) is 15.1. The fourth-order valence-electron chi connectivity index (χ4n) is 2.87. The smallest absolute Gasteiger partial charge is 0.280 e. The monoisotopic (exact) mass is 397 g/mol. The van der Waals surface area contributed by atoms with Crippen LogP contribution in [0.2, 0.25) is 0 Å². The van der Waals surface area contributed by atoms with Crippen LogP contribution in [0.15, 0.2) is 36.4 Å². The summed E-state index contributed by atoms with van der Waals surface area (Å²) >= 11 is 0. The first-order chi connectivity index (χ1) is 13.9. The van der Waals surface area contributed by atoms with Crippen molar-refractivity contribution < 1.29 is 28.7 Å². The molecule has 2 aliphatic rings. The lowest BCUT2D eigenvalue weighted by atomic mass is 10.1. The van der Waals surface area contributed by atoms with E-state index in [-0.39, 0.29) is 29.7 Å². The van der Waals surface area contributed by atoms with Gasteiger partial charge in [0.25, 0.3) is 11.6 Å². The molecule has 0 bridgehead atoms. The number of nitro groups is 1. The molecule has 2 aromatic rings. The molecule has 148 valence electrons. The minimum atomic E-state index is -0.594. The SMILES string of the molecule is C[C@H]1Oc2ccc(NC(=O)/C=C/c3cc4c(cc3[N+](=O)[O-])OCO4)cc2NC1=O. The number of ether oxygens (including phenoxy) is 3. The number of amides is 2. The summed E-state index contributed by atoms with van der Waals surface area (Å²) in [4.78, 5) is 34.7. The summed E-state index contributed by atoms with van der Waals surface area (Å²) < 4.78 is 15.8. The zero-order chi connectivity index (χ0) is 20.5. The minimum Gasteiger partial charge on any atom is -0.479 e. The molecule has 2 amide bonds. The van der Waals surface area contributed by atoms with E-state index in [1.54, 1.807) is 25.1 Å². The Morgan fingerprint density at radius 3 is 2.76 bits per heavy atom. The van der Waals surface area contributed by atoms with Gasteiger partial charge in [-0.2, -0.15) is 0 Å². The third-order valence-electron chi connectivity index (χ3n) is 4.31. The Kier molecular flexibility index (Phi) is 4.51. The number of carbonyl (C=O) groups is 2. The van der Waals surface area contributed by atoms with Crippen LogP contribution in [-0.4, -0.2) is 29.6 Å². The quantitative estimate of drug-likeness (QED) is 0.461. The summed E-state index contributed by atoms with van der Waals surface area (Å²) in [5.41, 5.74) is 0.869. The molecule has 2 aliphatic heterocycles. The van der Waals surface area contributed by atoms with Crippen LogP contribution in [0.5, 0.6) is 17.2 Å². The Hall–Kier alpha value is -4.08. The first kappa shape index (κ1) is 18.3. The topological polar surface area (TPSA) is 129 Å². The van der Waals surface area contributed by atoms with Crippen LogP contribution in [0.25, 0.3) is 6.08 Å². The first-order valence-corrected chi connectivity index (χ1v) is 8.59. The van der Waals surface area contributed by atoms with Crippen LogP contribution >= 0.6 is 0 Å². The number of carbonyl (C=O) groups excluding carboxylic acids is 2. The van der Waals surface area contributed by atoms with Gasteiger partial charge in [-0.3, -0.25) is 19.7 Å². The lowest BCUT2D eigenvalue weighted by molar-refractivity contribution is -0.385. The molecule has 4 rings (SSSR count). The molecule has 0 fully saturated rings. The first-order valence-electron chi connectivity index (χ1n) is 8.59. The predicted molar refractivity (Wildman–Crippen MR) is 102 cm³/mol. The fraction of sp³-hybridized carbons (Fsp3) is 0.158. The van der Waals surface area contributed by atoms with Crippen LogP contribution in [0.1, 0.15) is 12.5 Å². The van der Waals surface area contributed by atoms with E-state index >= 15 is 0 Å². The maximum Gasteiger partial charge on any atom is 0.280 e. The highest BCUT2D eigenvalue weighted by atomic mass is 16.7. The maximum absolute atomic E-state index is 12.2. The maximum atomic E-state index is 12.2. The second kappa shape index (κ2) is 7.15. The Bertz CT molecular complexity index is 1060. The molecule has 0 aliphatic carbocycles. The van der Waals surface area contributed by atoms with Gasteiger partial charge in [-0.25, -0.2) is 0 Å². The second-order valence-electron chi connectivity index (χ2n) is 6.30. The van der Waals surface area contributed by atoms with Gasteiger partial charge in [-0.15, -0.1) is 0 Å². The number of fused-ring (bicyclic) bond motifs is 2. The summed E-state index contributed by atoms with van der Waals surface area (Å²) in [7, 11) is 0. The van der Waals surface area contributed by atoms with E-state index in [4.69, 9.17) is 14.2 Å². The molecule has 10 heteroatoms. The molecular formula is C19H15N3O7. The molecule has 0 saturated heterocycles. The number of benzene rings is 2. The highest BCUT2D eigenvalue weighted by Crippen LogP contribution is 2.38. The van der Waals surface area contributed by atoms with E-state index < -0.39 is 16.9 Å². The van der Waals surface area contributed by atoms with Crippen molar-refractivity contribution in [3.63, 3.8) is 0 Å². The van der Waals surface area contributed by atoms with Gasteiger partial charge in [0.15, 0.2) is 17.6 Å². The molecule has 0 spiro atoms. The molecule has 0 unspecified atom stereocenters. The van der Waals surface area contributed by atoms with Crippen molar-refractivity contribution in [2.75, 3.05) is 17.4 Å². The summed E-state index contributed by atoms with van der Waals surface area (Å²) in [5.74, 6) is 0.368. The van der Waals surface area contributed by atoms with Crippen molar-refractivity contribution in [1.82, 2.24) is 0 Å². The molecule has 0 aromatic heterocycles.